The molecule has 1 heterocycles. The van der Waals surface area contributed by atoms with Gasteiger partial charge in [0.25, 0.3) is 0 Å². The number of carbonyl (C=O) groups is 2. The fourth-order valence-corrected chi connectivity index (χ4v) is 2.19. The summed E-state index contributed by atoms with van der Waals surface area (Å²) in [6, 6.07) is 0. The van der Waals surface area contributed by atoms with E-state index in [2.05, 4.69) is 5.32 Å². The molecule has 0 bridgehead atoms. The van der Waals surface area contributed by atoms with Gasteiger partial charge in [0, 0.05) is 13.0 Å². The van der Waals surface area contributed by atoms with E-state index in [1.165, 1.54) is 4.90 Å². The lowest BCUT2D eigenvalue weighted by Crippen LogP contribution is -2.73. The first kappa shape index (κ1) is 16.8. The Morgan fingerprint density at radius 1 is 1.20 bits per heavy atom. The Morgan fingerprint density at radius 2 is 1.75 bits per heavy atom. The van der Waals surface area contributed by atoms with Crippen molar-refractivity contribution in [2.45, 2.75) is 64.2 Å². The molecule has 1 aliphatic rings. The van der Waals surface area contributed by atoms with E-state index < -0.39 is 23.7 Å². The average Bonchev–Trinajstić information content (AvgIpc) is 2.30. The van der Waals surface area contributed by atoms with Crippen LogP contribution in [0.5, 0.6) is 0 Å². The summed E-state index contributed by atoms with van der Waals surface area (Å²) in [6.45, 7) is 6.37. The second-order valence-electron chi connectivity index (χ2n) is 5.87. The van der Waals surface area contributed by atoms with Crippen LogP contribution in [0.25, 0.3) is 0 Å². The molecule has 0 radical (unpaired) electrons. The molecule has 0 saturated carbocycles. The van der Waals surface area contributed by atoms with Gasteiger partial charge in [-0.25, -0.2) is 0 Å². The first-order chi connectivity index (χ1) is 8.94. The van der Waals surface area contributed by atoms with Gasteiger partial charge in [0.15, 0.2) is 0 Å². The van der Waals surface area contributed by atoms with Crippen molar-refractivity contribution in [3.8, 4) is 0 Å². The monoisotopic (exact) mass is 294 g/mol. The lowest BCUT2D eigenvalue weighted by Gasteiger charge is -2.48. The third-order valence-corrected chi connectivity index (χ3v) is 3.89. The molecular formula is C13H21F3N2O2. The van der Waals surface area contributed by atoms with Gasteiger partial charge in [-0.2, -0.15) is 13.2 Å². The second-order valence-corrected chi connectivity index (χ2v) is 5.87. The molecule has 0 aromatic rings. The van der Waals surface area contributed by atoms with Crippen LogP contribution in [0.3, 0.4) is 0 Å². The number of nitrogens with one attached hydrogen (secondary N) is 1. The van der Waals surface area contributed by atoms with Crippen LogP contribution in [0, 0.1) is 0 Å². The predicted octanol–water partition coefficient (Wildman–Crippen LogP) is 2.23. The zero-order valence-electron chi connectivity index (χ0n) is 12.2. The summed E-state index contributed by atoms with van der Waals surface area (Å²) >= 11 is 0. The van der Waals surface area contributed by atoms with Crippen LogP contribution in [0.15, 0.2) is 0 Å². The highest BCUT2D eigenvalue weighted by molar-refractivity contribution is 6.01. The molecule has 0 aliphatic carbocycles. The van der Waals surface area contributed by atoms with Gasteiger partial charge >= 0.3 is 6.18 Å². The van der Waals surface area contributed by atoms with Gasteiger partial charge < -0.3 is 10.2 Å². The van der Waals surface area contributed by atoms with Crippen molar-refractivity contribution in [3.05, 3.63) is 0 Å². The SMILES string of the molecule is CCC1(C)NC(=O)C(C)(C)N(CCCC(F)(F)F)C1=O. The van der Waals surface area contributed by atoms with Crippen LogP contribution in [-0.2, 0) is 9.59 Å². The van der Waals surface area contributed by atoms with Crippen LogP contribution in [0.2, 0.25) is 0 Å². The number of piperazine rings is 1. The van der Waals surface area contributed by atoms with Crippen molar-refractivity contribution in [2.24, 2.45) is 0 Å². The predicted molar refractivity (Wildman–Crippen MR) is 67.9 cm³/mol. The van der Waals surface area contributed by atoms with Crippen molar-refractivity contribution in [1.82, 2.24) is 10.2 Å². The minimum absolute atomic E-state index is 0.0750. The van der Waals surface area contributed by atoms with E-state index >= 15 is 0 Å². The molecule has 116 valence electrons. The number of carbonyl (C=O) groups excluding carboxylic acids is 2. The highest BCUT2D eigenvalue weighted by Gasteiger charge is 2.51. The molecule has 2 amide bonds. The maximum atomic E-state index is 12.4. The van der Waals surface area contributed by atoms with Gasteiger partial charge in [-0.1, -0.05) is 6.92 Å². The van der Waals surface area contributed by atoms with E-state index in [9.17, 15) is 22.8 Å². The Morgan fingerprint density at radius 3 is 2.20 bits per heavy atom. The average molecular weight is 294 g/mol. The number of halogens is 3. The first-order valence-corrected chi connectivity index (χ1v) is 6.65. The summed E-state index contributed by atoms with van der Waals surface area (Å²) in [6.07, 6.45) is -5.02. The van der Waals surface area contributed by atoms with E-state index in [0.717, 1.165) is 0 Å². The van der Waals surface area contributed by atoms with Crippen molar-refractivity contribution in [1.29, 1.82) is 0 Å². The molecule has 0 aromatic heterocycles. The fourth-order valence-electron chi connectivity index (χ4n) is 2.19. The van der Waals surface area contributed by atoms with Gasteiger partial charge in [-0.15, -0.1) is 0 Å². The van der Waals surface area contributed by atoms with Gasteiger partial charge in [0.2, 0.25) is 11.8 Å². The molecule has 1 unspecified atom stereocenters. The molecule has 20 heavy (non-hydrogen) atoms. The van der Waals surface area contributed by atoms with Gasteiger partial charge in [-0.05, 0) is 33.6 Å². The quantitative estimate of drug-likeness (QED) is 0.864. The van der Waals surface area contributed by atoms with Crippen LogP contribution in [0.1, 0.15) is 47.0 Å². The zero-order chi connectivity index (χ0) is 15.8. The molecular weight excluding hydrogens is 273 g/mol. The Kier molecular flexibility index (Phi) is 4.41. The fraction of sp³-hybridized carbons (Fsp3) is 0.846. The van der Waals surface area contributed by atoms with Crippen molar-refractivity contribution in [3.63, 3.8) is 0 Å². The van der Waals surface area contributed by atoms with Gasteiger partial charge in [0.1, 0.15) is 11.1 Å². The Balaban J connectivity index is 2.88. The van der Waals surface area contributed by atoms with E-state index in [-0.39, 0.29) is 24.8 Å². The summed E-state index contributed by atoms with van der Waals surface area (Å²) < 4.78 is 36.6. The summed E-state index contributed by atoms with van der Waals surface area (Å²) in [5.74, 6) is -0.666. The number of hydrogen-bond acceptors (Lipinski definition) is 2. The number of nitrogens with zero attached hydrogens (tertiary/aromatic N) is 1. The van der Waals surface area contributed by atoms with Gasteiger partial charge in [0.05, 0.1) is 0 Å². The van der Waals surface area contributed by atoms with Crippen molar-refractivity contribution < 1.29 is 22.8 Å². The Labute approximate surface area is 116 Å². The van der Waals surface area contributed by atoms with Crippen LogP contribution in [0.4, 0.5) is 13.2 Å². The molecule has 0 aromatic carbocycles. The number of amides is 2. The van der Waals surface area contributed by atoms with Crippen molar-refractivity contribution in [2.75, 3.05) is 6.54 Å². The number of rotatable bonds is 4. The lowest BCUT2D eigenvalue weighted by atomic mass is 9.86. The summed E-state index contributed by atoms with van der Waals surface area (Å²) in [4.78, 5) is 25.8. The van der Waals surface area contributed by atoms with Crippen molar-refractivity contribution >= 4 is 11.8 Å². The topological polar surface area (TPSA) is 49.4 Å². The third-order valence-electron chi connectivity index (χ3n) is 3.89. The molecule has 1 rings (SSSR count). The highest BCUT2D eigenvalue weighted by atomic mass is 19.4. The van der Waals surface area contributed by atoms with Crippen LogP contribution < -0.4 is 5.32 Å². The molecule has 1 saturated heterocycles. The van der Waals surface area contributed by atoms with E-state index in [4.69, 9.17) is 0 Å². The number of alkyl halides is 3. The molecule has 1 N–H and O–H groups in total. The summed E-state index contributed by atoms with van der Waals surface area (Å²) in [7, 11) is 0. The summed E-state index contributed by atoms with van der Waals surface area (Å²) in [5, 5.41) is 2.67. The van der Waals surface area contributed by atoms with E-state index in [1.54, 1.807) is 27.7 Å². The molecule has 0 spiro atoms. The standard InChI is InChI=1S/C13H21F3N2O2/c1-5-12(4)10(20)18(8-6-7-13(14,15)16)11(2,3)9(19)17-12/h5-8H2,1-4H3,(H,17,19). The van der Waals surface area contributed by atoms with Gasteiger partial charge in [-0.3, -0.25) is 9.59 Å². The minimum atomic E-state index is -4.25. The Bertz CT molecular complexity index is 407. The normalized spacial score (nSPS) is 26.6. The Hall–Kier alpha value is -1.27. The second kappa shape index (κ2) is 5.26. The maximum Gasteiger partial charge on any atom is 0.389 e. The van der Waals surface area contributed by atoms with Crippen LogP contribution in [-0.4, -0.2) is 40.5 Å². The largest absolute Gasteiger partial charge is 0.389 e. The third kappa shape index (κ3) is 3.24. The summed E-state index contributed by atoms with van der Waals surface area (Å²) in [5.41, 5.74) is -2.16. The lowest BCUT2D eigenvalue weighted by molar-refractivity contribution is -0.162. The molecule has 1 atom stereocenters. The number of hydrogen-bond donors (Lipinski definition) is 1. The van der Waals surface area contributed by atoms with E-state index in [1.807, 2.05) is 0 Å². The van der Waals surface area contributed by atoms with E-state index in [0.29, 0.717) is 6.42 Å². The molecule has 1 fully saturated rings. The smallest absolute Gasteiger partial charge is 0.340 e. The zero-order valence-corrected chi connectivity index (χ0v) is 12.2. The molecule has 1 aliphatic heterocycles. The highest BCUT2D eigenvalue weighted by Crippen LogP contribution is 2.29. The molecule has 4 nitrogen and oxygen atoms in total. The first-order valence-electron chi connectivity index (χ1n) is 6.65. The minimum Gasteiger partial charge on any atom is -0.340 e. The molecule has 7 heteroatoms. The van der Waals surface area contributed by atoms with Crippen LogP contribution >= 0.6 is 0 Å². The maximum absolute atomic E-state index is 12.4.